The van der Waals surface area contributed by atoms with Gasteiger partial charge in [0.1, 0.15) is 0 Å². The van der Waals surface area contributed by atoms with E-state index in [2.05, 4.69) is 28.0 Å². The van der Waals surface area contributed by atoms with E-state index >= 15 is 0 Å². The van der Waals surface area contributed by atoms with Crippen LogP contribution in [0.25, 0.3) is 0 Å². The van der Waals surface area contributed by atoms with E-state index in [-0.39, 0.29) is 6.04 Å². The molecule has 0 saturated heterocycles. The van der Waals surface area contributed by atoms with Crippen LogP contribution in [0.5, 0.6) is 0 Å². The fourth-order valence-corrected chi connectivity index (χ4v) is 2.50. The molecule has 0 aromatic heterocycles. The molecule has 0 amide bonds. The molecule has 0 bridgehead atoms. The smallest absolute Gasteiger partial charge is 0.271 e. The van der Waals surface area contributed by atoms with Gasteiger partial charge in [0.25, 0.3) is 0 Å². The highest BCUT2D eigenvalue weighted by Gasteiger charge is 2.30. The van der Waals surface area contributed by atoms with Gasteiger partial charge in [0, 0.05) is 3.57 Å². The number of benzene rings is 2. The first kappa shape index (κ1) is 15.3. The number of nitrogens with two attached hydrogens (primary N) is 1. The van der Waals surface area contributed by atoms with Gasteiger partial charge in [0.05, 0.1) is 11.6 Å². The average molecular weight is 392 g/mol. The summed E-state index contributed by atoms with van der Waals surface area (Å²) in [6.45, 7) is 0. The van der Waals surface area contributed by atoms with Crippen LogP contribution in [0.1, 0.15) is 22.7 Å². The molecule has 0 heterocycles. The van der Waals surface area contributed by atoms with Crippen LogP contribution in [0.15, 0.2) is 48.5 Å². The fraction of sp³-hybridized carbons (Fsp3) is 0.143. The van der Waals surface area contributed by atoms with E-state index in [0.717, 1.165) is 21.3 Å². The molecule has 2 aromatic carbocycles. The second-order valence-corrected chi connectivity index (χ2v) is 5.52. The molecule has 106 valence electrons. The van der Waals surface area contributed by atoms with Crippen LogP contribution in [0.4, 0.5) is 13.2 Å². The molecular formula is C14H12F3IN2. The first-order valence-corrected chi connectivity index (χ1v) is 6.88. The van der Waals surface area contributed by atoms with Gasteiger partial charge in [-0.2, -0.15) is 13.2 Å². The summed E-state index contributed by atoms with van der Waals surface area (Å²) in [5.74, 6) is 5.54. The molecule has 0 aliphatic carbocycles. The van der Waals surface area contributed by atoms with Crippen LogP contribution >= 0.6 is 22.6 Å². The average Bonchev–Trinajstić information content (AvgIpc) is 2.39. The maximum atomic E-state index is 12.5. The Morgan fingerprint density at radius 2 is 1.65 bits per heavy atom. The molecule has 0 aliphatic rings. The molecule has 3 N–H and O–H groups in total. The van der Waals surface area contributed by atoms with Gasteiger partial charge in [0.15, 0.2) is 0 Å². The number of rotatable bonds is 3. The van der Waals surface area contributed by atoms with Crippen LogP contribution in [0.2, 0.25) is 0 Å². The van der Waals surface area contributed by atoms with Crippen molar-refractivity contribution in [3.63, 3.8) is 0 Å². The summed E-state index contributed by atoms with van der Waals surface area (Å²) in [5.41, 5.74) is 3.55. The van der Waals surface area contributed by atoms with Crippen molar-refractivity contribution in [1.82, 2.24) is 5.43 Å². The van der Waals surface area contributed by atoms with Gasteiger partial charge in [0.2, 0.25) is 0 Å². The summed E-state index contributed by atoms with van der Waals surface area (Å²) in [4.78, 5) is 0. The Labute approximate surface area is 128 Å². The summed E-state index contributed by atoms with van der Waals surface area (Å²) in [7, 11) is 0. The van der Waals surface area contributed by atoms with Crippen LogP contribution in [-0.2, 0) is 6.18 Å². The maximum absolute atomic E-state index is 12.5. The first-order valence-electron chi connectivity index (χ1n) is 5.80. The van der Waals surface area contributed by atoms with E-state index < -0.39 is 11.7 Å². The minimum Gasteiger partial charge on any atom is -0.271 e. The third-order valence-electron chi connectivity index (χ3n) is 2.92. The van der Waals surface area contributed by atoms with Crippen LogP contribution in [-0.4, -0.2) is 0 Å². The zero-order valence-electron chi connectivity index (χ0n) is 10.3. The molecule has 0 spiro atoms. The largest absolute Gasteiger partial charge is 0.416 e. The number of hydrazine groups is 1. The summed E-state index contributed by atoms with van der Waals surface area (Å²) in [5, 5.41) is 0. The molecule has 20 heavy (non-hydrogen) atoms. The topological polar surface area (TPSA) is 38.0 Å². The molecule has 2 nitrogen and oxygen atoms in total. The van der Waals surface area contributed by atoms with Crippen LogP contribution in [0, 0.1) is 3.57 Å². The van der Waals surface area contributed by atoms with Crippen molar-refractivity contribution in [2.75, 3.05) is 0 Å². The van der Waals surface area contributed by atoms with Crippen molar-refractivity contribution in [3.05, 3.63) is 68.8 Å². The molecular weight excluding hydrogens is 380 g/mol. The van der Waals surface area contributed by atoms with E-state index in [1.165, 1.54) is 12.1 Å². The second-order valence-electron chi connectivity index (χ2n) is 4.27. The Hall–Kier alpha value is -1.12. The van der Waals surface area contributed by atoms with Crippen molar-refractivity contribution in [2.24, 2.45) is 5.84 Å². The number of nitrogens with one attached hydrogen (secondary N) is 1. The molecule has 1 atom stereocenters. The van der Waals surface area contributed by atoms with Gasteiger partial charge in [-0.05, 0) is 58.0 Å². The van der Waals surface area contributed by atoms with Crippen molar-refractivity contribution in [3.8, 4) is 0 Å². The van der Waals surface area contributed by atoms with E-state index in [0.29, 0.717) is 5.56 Å². The Morgan fingerprint density at radius 1 is 1.00 bits per heavy atom. The third-order valence-corrected chi connectivity index (χ3v) is 3.59. The molecule has 0 aliphatic heterocycles. The number of halogens is 4. The lowest BCUT2D eigenvalue weighted by atomic mass is 9.98. The quantitative estimate of drug-likeness (QED) is 0.473. The summed E-state index contributed by atoms with van der Waals surface area (Å²) >= 11 is 2.17. The Morgan fingerprint density at radius 3 is 2.15 bits per heavy atom. The van der Waals surface area contributed by atoms with Crippen molar-refractivity contribution in [1.29, 1.82) is 0 Å². The van der Waals surface area contributed by atoms with E-state index in [1.54, 1.807) is 0 Å². The number of hydrogen-bond acceptors (Lipinski definition) is 2. The second kappa shape index (κ2) is 6.11. The molecule has 0 saturated carbocycles. The fourth-order valence-electron chi connectivity index (χ4n) is 1.94. The third kappa shape index (κ3) is 3.50. The lowest BCUT2D eigenvalue weighted by Gasteiger charge is -2.18. The monoisotopic (exact) mass is 392 g/mol. The zero-order valence-corrected chi connectivity index (χ0v) is 12.4. The van der Waals surface area contributed by atoms with E-state index in [4.69, 9.17) is 5.84 Å². The maximum Gasteiger partial charge on any atom is 0.416 e. The molecule has 2 aromatic rings. The molecule has 2 rings (SSSR count). The van der Waals surface area contributed by atoms with Crippen molar-refractivity contribution >= 4 is 22.6 Å². The van der Waals surface area contributed by atoms with E-state index in [9.17, 15) is 13.2 Å². The minimum atomic E-state index is -4.33. The van der Waals surface area contributed by atoms with Crippen LogP contribution < -0.4 is 11.3 Å². The predicted octanol–water partition coefficient (Wildman–Crippen LogP) is 3.86. The number of alkyl halides is 3. The molecule has 6 heteroatoms. The summed E-state index contributed by atoms with van der Waals surface area (Å²) in [6, 6.07) is 12.3. The highest BCUT2D eigenvalue weighted by atomic mass is 127. The lowest BCUT2D eigenvalue weighted by Crippen LogP contribution is -2.28. The summed E-state index contributed by atoms with van der Waals surface area (Å²) in [6.07, 6.45) is -4.33. The SMILES string of the molecule is NNC(c1ccc(C(F)(F)F)cc1)c1cccc(I)c1. The van der Waals surface area contributed by atoms with E-state index in [1.807, 2.05) is 24.3 Å². The Kier molecular flexibility index (Phi) is 4.66. The Bertz CT molecular complexity index is 582. The summed E-state index contributed by atoms with van der Waals surface area (Å²) < 4.78 is 38.6. The van der Waals surface area contributed by atoms with Crippen LogP contribution in [0.3, 0.4) is 0 Å². The van der Waals surface area contributed by atoms with Gasteiger partial charge in [-0.25, -0.2) is 5.43 Å². The highest BCUT2D eigenvalue weighted by Crippen LogP contribution is 2.31. The predicted molar refractivity (Wildman–Crippen MR) is 79.8 cm³/mol. The first-order chi connectivity index (χ1) is 9.41. The zero-order chi connectivity index (χ0) is 14.8. The Balaban J connectivity index is 2.33. The van der Waals surface area contributed by atoms with Gasteiger partial charge in [-0.15, -0.1) is 0 Å². The highest BCUT2D eigenvalue weighted by molar-refractivity contribution is 14.1. The van der Waals surface area contributed by atoms with Crippen molar-refractivity contribution in [2.45, 2.75) is 12.2 Å². The van der Waals surface area contributed by atoms with Crippen molar-refractivity contribution < 1.29 is 13.2 Å². The van der Waals surface area contributed by atoms with Gasteiger partial charge in [-0.3, -0.25) is 5.84 Å². The molecule has 0 fully saturated rings. The van der Waals surface area contributed by atoms with Gasteiger partial charge >= 0.3 is 6.18 Å². The molecule has 0 radical (unpaired) electrons. The number of hydrogen-bond donors (Lipinski definition) is 2. The van der Waals surface area contributed by atoms with Gasteiger partial charge in [-0.1, -0.05) is 24.3 Å². The lowest BCUT2D eigenvalue weighted by molar-refractivity contribution is -0.137. The van der Waals surface area contributed by atoms with Gasteiger partial charge < -0.3 is 0 Å². The minimum absolute atomic E-state index is 0.341. The standard InChI is InChI=1S/C14H12F3IN2/c15-14(16,17)11-6-4-9(5-7-11)13(20-19)10-2-1-3-12(18)8-10/h1-8,13,20H,19H2. The molecule has 1 unspecified atom stereocenters. The normalized spacial score (nSPS) is 13.2.